The van der Waals surface area contributed by atoms with E-state index >= 15 is 0 Å². The van der Waals surface area contributed by atoms with Gasteiger partial charge in [0.15, 0.2) is 6.04 Å². The van der Waals surface area contributed by atoms with Crippen LogP contribution in [-0.4, -0.2) is 70.5 Å². The quantitative estimate of drug-likeness (QED) is 0.704. The number of carboxylic acids is 1. The van der Waals surface area contributed by atoms with Crippen LogP contribution < -0.4 is 0 Å². The Kier molecular flexibility index (Phi) is 4.13. The fourth-order valence-electron chi connectivity index (χ4n) is 1.59. The van der Waals surface area contributed by atoms with Gasteiger partial charge >= 0.3 is 18.2 Å². The van der Waals surface area contributed by atoms with Crippen molar-refractivity contribution in [3.8, 4) is 0 Å². The molecule has 0 radical (unpaired) electrons. The lowest BCUT2D eigenvalue weighted by atomic mass is 10.2. The average molecular weight is 246 g/mol. The monoisotopic (exact) mass is 246 g/mol. The van der Waals surface area contributed by atoms with Crippen LogP contribution in [0.4, 0.5) is 9.59 Å². The lowest BCUT2D eigenvalue weighted by molar-refractivity contribution is -0.144. The van der Waals surface area contributed by atoms with Gasteiger partial charge < -0.3 is 19.8 Å². The summed E-state index contributed by atoms with van der Waals surface area (Å²) in [6.45, 7) is 1.61. The second kappa shape index (κ2) is 5.37. The fourth-order valence-corrected chi connectivity index (χ4v) is 1.59. The number of carbonyl (C=O) groups is 3. The number of carbonyl (C=O) groups excluding carboxylic acids is 1. The van der Waals surface area contributed by atoms with Gasteiger partial charge in [0, 0.05) is 13.1 Å². The number of nitrogens with zero attached hydrogens (tertiary/aromatic N) is 2. The standard InChI is InChI=1S/C9H14N2O6/c1-2-17-9(16)11-4-3-10(8(14)15)5-6(11)7(12)13/h6H,2-5H2,1H3,(H,12,13)(H,14,15)/t6-/m0/s1. The molecule has 1 aliphatic heterocycles. The summed E-state index contributed by atoms with van der Waals surface area (Å²) in [7, 11) is 0. The molecule has 1 rings (SSSR count). The Morgan fingerprint density at radius 2 is 1.94 bits per heavy atom. The van der Waals surface area contributed by atoms with Crippen LogP contribution in [0.2, 0.25) is 0 Å². The topological polar surface area (TPSA) is 107 Å². The number of rotatable bonds is 2. The molecule has 0 aliphatic carbocycles. The van der Waals surface area contributed by atoms with Crippen molar-refractivity contribution < 1.29 is 29.3 Å². The van der Waals surface area contributed by atoms with E-state index in [0.29, 0.717) is 0 Å². The van der Waals surface area contributed by atoms with Gasteiger partial charge in [0.25, 0.3) is 0 Å². The van der Waals surface area contributed by atoms with Crippen molar-refractivity contribution in [2.45, 2.75) is 13.0 Å². The van der Waals surface area contributed by atoms with Crippen LogP contribution in [0.15, 0.2) is 0 Å². The van der Waals surface area contributed by atoms with Crippen molar-refractivity contribution in [1.29, 1.82) is 0 Å². The molecule has 1 saturated heterocycles. The molecule has 2 N–H and O–H groups in total. The van der Waals surface area contributed by atoms with Crippen LogP contribution in [-0.2, 0) is 9.53 Å². The first-order valence-electron chi connectivity index (χ1n) is 5.11. The molecule has 0 bridgehead atoms. The van der Waals surface area contributed by atoms with E-state index in [1.807, 2.05) is 0 Å². The van der Waals surface area contributed by atoms with Gasteiger partial charge in [0.2, 0.25) is 0 Å². The third-order valence-electron chi connectivity index (χ3n) is 2.44. The maximum Gasteiger partial charge on any atom is 0.410 e. The third kappa shape index (κ3) is 2.99. The van der Waals surface area contributed by atoms with E-state index in [9.17, 15) is 14.4 Å². The zero-order valence-corrected chi connectivity index (χ0v) is 9.33. The first kappa shape index (κ1) is 13.1. The SMILES string of the molecule is CCOC(=O)N1CCN(C(=O)O)C[C@H]1C(=O)O. The second-order valence-electron chi connectivity index (χ2n) is 3.47. The third-order valence-corrected chi connectivity index (χ3v) is 2.44. The summed E-state index contributed by atoms with van der Waals surface area (Å²) in [5, 5.41) is 17.7. The average Bonchev–Trinajstić information content (AvgIpc) is 2.28. The Morgan fingerprint density at radius 3 is 2.41 bits per heavy atom. The number of hydrogen-bond donors (Lipinski definition) is 2. The second-order valence-corrected chi connectivity index (χ2v) is 3.47. The van der Waals surface area contributed by atoms with Crippen molar-refractivity contribution in [3.05, 3.63) is 0 Å². The van der Waals surface area contributed by atoms with Crippen LogP contribution >= 0.6 is 0 Å². The minimum absolute atomic E-state index is 0.0160. The van der Waals surface area contributed by atoms with Crippen molar-refractivity contribution in [2.75, 3.05) is 26.2 Å². The van der Waals surface area contributed by atoms with Crippen LogP contribution in [0.3, 0.4) is 0 Å². The Morgan fingerprint density at radius 1 is 1.29 bits per heavy atom. The van der Waals surface area contributed by atoms with E-state index in [1.165, 1.54) is 0 Å². The Balaban J connectivity index is 2.76. The number of hydrogen-bond acceptors (Lipinski definition) is 4. The van der Waals surface area contributed by atoms with Gasteiger partial charge in [-0.3, -0.25) is 4.90 Å². The summed E-state index contributed by atoms with van der Waals surface area (Å²) in [5.74, 6) is -1.25. The first-order chi connectivity index (χ1) is 7.97. The normalized spacial score (nSPS) is 19.9. The van der Waals surface area contributed by atoms with Crippen LogP contribution in [0.25, 0.3) is 0 Å². The molecule has 0 aromatic rings. The summed E-state index contributed by atoms with van der Waals surface area (Å²) in [4.78, 5) is 35.2. The molecule has 1 heterocycles. The van der Waals surface area contributed by atoms with Gasteiger partial charge in [-0.05, 0) is 6.92 Å². The van der Waals surface area contributed by atoms with E-state index < -0.39 is 24.2 Å². The number of ether oxygens (including phenoxy) is 1. The largest absolute Gasteiger partial charge is 0.480 e. The van der Waals surface area contributed by atoms with Crippen molar-refractivity contribution >= 4 is 18.2 Å². The minimum atomic E-state index is -1.25. The molecule has 0 saturated carbocycles. The summed E-state index contributed by atoms with van der Waals surface area (Å²) < 4.78 is 4.72. The van der Waals surface area contributed by atoms with E-state index in [-0.39, 0.29) is 26.2 Å². The molecule has 0 aromatic heterocycles. The van der Waals surface area contributed by atoms with E-state index in [1.54, 1.807) is 6.92 Å². The molecule has 0 spiro atoms. The van der Waals surface area contributed by atoms with E-state index in [2.05, 4.69) is 0 Å². The molecule has 1 fully saturated rings. The number of aliphatic carboxylic acids is 1. The summed E-state index contributed by atoms with van der Waals surface area (Å²) in [6, 6.07) is -1.20. The van der Waals surface area contributed by atoms with E-state index in [4.69, 9.17) is 14.9 Å². The van der Waals surface area contributed by atoms with Crippen molar-refractivity contribution in [3.63, 3.8) is 0 Å². The van der Waals surface area contributed by atoms with Crippen LogP contribution in [0, 0.1) is 0 Å². The molecular formula is C9H14N2O6. The van der Waals surface area contributed by atoms with Gasteiger partial charge in [-0.25, -0.2) is 14.4 Å². The highest BCUT2D eigenvalue weighted by Crippen LogP contribution is 2.12. The van der Waals surface area contributed by atoms with Crippen molar-refractivity contribution in [1.82, 2.24) is 9.80 Å². The highest BCUT2D eigenvalue weighted by molar-refractivity contribution is 5.81. The molecule has 8 nitrogen and oxygen atoms in total. The lowest BCUT2D eigenvalue weighted by Crippen LogP contribution is -2.59. The lowest BCUT2D eigenvalue weighted by Gasteiger charge is -2.37. The molecule has 1 aliphatic rings. The summed E-state index contributed by atoms with van der Waals surface area (Å²) in [6.07, 6.45) is -1.93. The number of carboxylic acid groups (broad SMARTS) is 2. The molecule has 96 valence electrons. The summed E-state index contributed by atoms with van der Waals surface area (Å²) in [5.41, 5.74) is 0. The molecule has 17 heavy (non-hydrogen) atoms. The number of piperazine rings is 1. The van der Waals surface area contributed by atoms with Crippen LogP contribution in [0.5, 0.6) is 0 Å². The van der Waals surface area contributed by atoms with E-state index in [0.717, 1.165) is 9.80 Å². The Hall–Kier alpha value is -1.99. The predicted molar refractivity (Wildman–Crippen MR) is 54.7 cm³/mol. The zero-order valence-electron chi connectivity index (χ0n) is 9.33. The fraction of sp³-hybridized carbons (Fsp3) is 0.667. The van der Waals surface area contributed by atoms with Gasteiger partial charge in [0.05, 0.1) is 13.2 Å². The highest BCUT2D eigenvalue weighted by atomic mass is 16.6. The molecular weight excluding hydrogens is 232 g/mol. The predicted octanol–water partition coefficient (Wildman–Crippen LogP) is -0.108. The van der Waals surface area contributed by atoms with Gasteiger partial charge in [-0.15, -0.1) is 0 Å². The van der Waals surface area contributed by atoms with Gasteiger partial charge in [-0.1, -0.05) is 0 Å². The molecule has 1 atom stereocenters. The zero-order chi connectivity index (χ0) is 13.0. The smallest absolute Gasteiger partial charge is 0.410 e. The molecule has 0 aromatic carbocycles. The van der Waals surface area contributed by atoms with Crippen molar-refractivity contribution in [2.24, 2.45) is 0 Å². The first-order valence-corrected chi connectivity index (χ1v) is 5.11. The maximum atomic E-state index is 11.5. The maximum absolute atomic E-state index is 11.5. The van der Waals surface area contributed by atoms with Gasteiger partial charge in [0.1, 0.15) is 0 Å². The van der Waals surface area contributed by atoms with Crippen LogP contribution in [0.1, 0.15) is 6.92 Å². The Labute approximate surface area is 97.4 Å². The molecule has 8 heteroatoms. The highest BCUT2D eigenvalue weighted by Gasteiger charge is 2.37. The summed E-state index contributed by atoms with van der Waals surface area (Å²) >= 11 is 0. The molecule has 2 amide bonds. The number of amides is 2. The minimum Gasteiger partial charge on any atom is -0.480 e. The molecule has 0 unspecified atom stereocenters. The Bertz CT molecular complexity index is 331. The van der Waals surface area contributed by atoms with Gasteiger partial charge in [-0.2, -0.15) is 0 Å².